The lowest BCUT2D eigenvalue weighted by atomic mass is 10.0. The first-order valence-electron chi connectivity index (χ1n) is 8.63. The average molecular weight is 357 g/mol. The van der Waals surface area contributed by atoms with Crippen LogP contribution in [-0.2, 0) is 17.7 Å². The zero-order valence-corrected chi connectivity index (χ0v) is 15.4. The van der Waals surface area contributed by atoms with Gasteiger partial charge in [0.05, 0.1) is 5.69 Å². The monoisotopic (exact) mass is 357 g/mol. The van der Waals surface area contributed by atoms with Crippen molar-refractivity contribution in [3.05, 3.63) is 39.8 Å². The molecule has 0 atom stereocenters. The molecule has 132 valence electrons. The summed E-state index contributed by atoms with van der Waals surface area (Å²) in [6, 6.07) is 6.19. The number of aryl methyl sites for hydroxylation is 1. The number of imidazole rings is 1. The van der Waals surface area contributed by atoms with Crippen molar-refractivity contribution in [2.45, 2.75) is 33.2 Å². The summed E-state index contributed by atoms with van der Waals surface area (Å²) in [5.41, 5.74) is 4.91. The summed E-state index contributed by atoms with van der Waals surface area (Å²) < 4.78 is 7.56. The Morgan fingerprint density at radius 3 is 2.96 bits per heavy atom. The molecular formula is C19H23N3O2S. The first kappa shape index (κ1) is 17.6. The summed E-state index contributed by atoms with van der Waals surface area (Å²) in [5, 5.41) is 10.5. The minimum atomic E-state index is 0.155. The SMILES string of the molecule is CCOCCCn1c(O)c(/C=C2\C=Nc3c(CC)cccc32)[nH]c1=S. The highest BCUT2D eigenvalue weighted by molar-refractivity contribution is 7.71. The summed E-state index contributed by atoms with van der Waals surface area (Å²) >= 11 is 5.34. The number of aromatic hydroxyl groups is 1. The molecule has 25 heavy (non-hydrogen) atoms. The zero-order valence-electron chi connectivity index (χ0n) is 14.6. The van der Waals surface area contributed by atoms with E-state index in [-0.39, 0.29) is 5.88 Å². The van der Waals surface area contributed by atoms with Gasteiger partial charge in [0.1, 0.15) is 5.69 Å². The van der Waals surface area contributed by atoms with Crippen LogP contribution in [0, 0.1) is 4.77 Å². The number of nitrogens with zero attached hydrogens (tertiary/aromatic N) is 2. The van der Waals surface area contributed by atoms with E-state index in [2.05, 4.69) is 29.0 Å². The van der Waals surface area contributed by atoms with Gasteiger partial charge in [-0.15, -0.1) is 0 Å². The van der Waals surface area contributed by atoms with Crippen molar-refractivity contribution in [2.75, 3.05) is 13.2 Å². The number of nitrogens with one attached hydrogen (secondary N) is 1. The number of para-hydroxylation sites is 1. The predicted molar refractivity (Wildman–Crippen MR) is 104 cm³/mol. The van der Waals surface area contributed by atoms with E-state index in [4.69, 9.17) is 17.0 Å². The third kappa shape index (κ3) is 3.60. The van der Waals surface area contributed by atoms with Crippen molar-refractivity contribution < 1.29 is 9.84 Å². The van der Waals surface area contributed by atoms with Crippen LogP contribution in [0.3, 0.4) is 0 Å². The Kier molecular flexibility index (Phi) is 5.50. The molecule has 0 bridgehead atoms. The van der Waals surface area contributed by atoms with E-state index in [9.17, 15) is 5.11 Å². The van der Waals surface area contributed by atoms with E-state index in [1.165, 1.54) is 5.56 Å². The average Bonchev–Trinajstić information content (AvgIpc) is 3.14. The maximum Gasteiger partial charge on any atom is 0.217 e. The summed E-state index contributed by atoms with van der Waals surface area (Å²) in [6.45, 7) is 6.06. The second-order valence-corrected chi connectivity index (χ2v) is 6.28. The molecule has 0 spiro atoms. The van der Waals surface area contributed by atoms with Gasteiger partial charge in [0.2, 0.25) is 5.88 Å². The molecular weight excluding hydrogens is 334 g/mol. The molecule has 6 heteroatoms. The molecule has 0 unspecified atom stereocenters. The number of aliphatic imine (C=N–C) groups is 1. The molecule has 3 rings (SSSR count). The van der Waals surface area contributed by atoms with Crippen LogP contribution >= 0.6 is 12.2 Å². The molecule has 2 N–H and O–H groups in total. The third-order valence-corrected chi connectivity index (χ3v) is 4.62. The molecule has 2 aromatic rings. The number of hydrogen-bond acceptors (Lipinski definition) is 4. The minimum absolute atomic E-state index is 0.155. The fourth-order valence-corrected chi connectivity index (χ4v) is 3.28. The Morgan fingerprint density at radius 2 is 2.20 bits per heavy atom. The second-order valence-electron chi connectivity index (χ2n) is 5.89. The van der Waals surface area contributed by atoms with Gasteiger partial charge in [-0.25, -0.2) is 0 Å². The molecule has 0 fully saturated rings. The number of aromatic nitrogens is 2. The molecule has 0 aliphatic carbocycles. The molecule has 0 saturated carbocycles. The Morgan fingerprint density at radius 1 is 1.36 bits per heavy atom. The molecule has 0 amide bonds. The second kappa shape index (κ2) is 7.80. The van der Waals surface area contributed by atoms with Crippen LogP contribution in [0.5, 0.6) is 5.88 Å². The number of benzene rings is 1. The Hall–Kier alpha value is -2.18. The molecule has 2 heterocycles. The zero-order chi connectivity index (χ0) is 17.8. The van der Waals surface area contributed by atoms with Crippen LogP contribution in [0.15, 0.2) is 23.2 Å². The van der Waals surface area contributed by atoms with Gasteiger partial charge in [0, 0.05) is 37.1 Å². The fraction of sp³-hybridized carbons (Fsp3) is 0.368. The molecule has 1 aromatic carbocycles. The van der Waals surface area contributed by atoms with E-state index in [1.807, 2.05) is 25.3 Å². The van der Waals surface area contributed by atoms with Gasteiger partial charge in [0.25, 0.3) is 0 Å². The van der Waals surface area contributed by atoms with Gasteiger partial charge in [-0.1, -0.05) is 25.1 Å². The maximum absolute atomic E-state index is 10.5. The van der Waals surface area contributed by atoms with Crippen LogP contribution in [0.25, 0.3) is 11.6 Å². The van der Waals surface area contributed by atoms with E-state index < -0.39 is 0 Å². The van der Waals surface area contributed by atoms with Crippen molar-refractivity contribution in [3.63, 3.8) is 0 Å². The van der Waals surface area contributed by atoms with Crippen molar-refractivity contribution in [1.29, 1.82) is 0 Å². The maximum atomic E-state index is 10.5. The van der Waals surface area contributed by atoms with Crippen molar-refractivity contribution in [3.8, 4) is 5.88 Å². The molecule has 1 aromatic heterocycles. The number of hydrogen-bond donors (Lipinski definition) is 2. The minimum Gasteiger partial charge on any atom is -0.493 e. The highest BCUT2D eigenvalue weighted by Crippen LogP contribution is 2.36. The fourth-order valence-electron chi connectivity index (χ4n) is 2.99. The number of ether oxygens (including phenoxy) is 1. The summed E-state index contributed by atoms with van der Waals surface area (Å²) in [4.78, 5) is 7.63. The number of H-pyrrole nitrogens is 1. The summed E-state index contributed by atoms with van der Waals surface area (Å²) in [5.74, 6) is 0.155. The van der Waals surface area contributed by atoms with Crippen LogP contribution in [0.1, 0.15) is 37.1 Å². The molecule has 5 nitrogen and oxygen atoms in total. The van der Waals surface area contributed by atoms with Crippen molar-refractivity contribution in [2.24, 2.45) is 4.99 Å². The Bertz CT molecular complexity index is 877. The first-order valence-corrected chi connectivity index (χ1v) is 9.04. The number of rotatable bonds is 7. The lowest BCUT2D eigenvalue weighted by molar-refractivity contribution is 0.141. The molecule has 0 saturated heterocycles. The summed E-state index contributed by atoms with van der Waals surface area (Å²) in [6.07, 6.45) is 5.48. The standard InChI is InChI=1S/C19H23N3O2S/c1-3-13-7-5-8-15-14(12-20-17(13)15)11-16-18(23)22(19(25)21-16)9-6-10-24-4-2/h5,7-8,11-12,23H,3-4,6,9-10H2,1-2H3,(H,21,25)/b14-11+. The summed E-state index contributed by atoms with van der Waals surface area (Å²) in [7, 11) is 0. The number of fused-ring (bicyclic) bond motifs is 1. The van der Waals surface area contributed by atoms with Crippen molar-refractivity contribution >= 4 is 35.8 Å². The van der Waals surface area contributed by atoms with Gasteiger partial charge in [-0.05, 0) is 43.6 Å². The Labute approximate surface area is 152 Å². The van der Waals surface area contributed by atoms with Gasteiger partial charge in [-0.2, -0.15) is 0 Å². The van der Waals surface area contributed by atoms with Crippen molar-refractivity contribution in [1.82, 2.24) is 9.55 Å². The van der Waals surface area contributed by atoms with Crippen LogP contribution in [0.4, 0.5) is 5.69 Å². The van der Waals surface area contributed by atoms with Gasteiger partial charge < -0.3 is 14.8 Å². The van der Waals surface area contributed by atoms with Crippen LogP contribution < -0.4 is 0 Å². The highest BCUT2D eigenvalue weighted by Gasteiger charge is 2.17. The normalized spacial score (nSPS) is 14.4. The molecule has 0 radical (unpaired) electrons. The topological polar surface area (TPSA) is 62.5 Å². The molecule has 1 aliphatic rings. The largest absolute Gasteiger partial charge is 0.493 e. The Balaban J connectivity index is 1.87. The van der Waals surface area contributed by atoms with Crippen LogP contribution in [-0.4, -0.2) is 34.1 Å². The van der Waals surface area contributed by atoms with E-state index in [1.54, 1.807) is 4.57 Å². The van der Waals surface area contributed by atoms with E-state index in [0.29, 0.717) is 30.2 Å². The van der Waals surface area contributed by atoms with Crippen LogP contribution in [0.2, 0.25) is 0 Å². The third-order valence-electron chi connectivity index (χ3n) is 4.30. The smallest absolute Gasteiger partial charge is 0.217 e. The van der Waals surface area contributed by atoms with Gasteiger partial charge in [0.15, 0.2) is 4.77 Å². The van der Waals surface area contributed by atoms with Gasteiger partial charge >= 0.3 is 0 Å². The van der Waals surface area contributed by atoms with E-state index in [0.717, 1.165) is 29.7 Å². The van der Waals surface area contributed by atoms with Gasteiger partial charge in [-0.3, -0.25) is 9.56 Å². The van der Waals surface area contributed by atoms with E-state index >= 15 is 0 Å². The number of allylic oxidation sites excluding steroid dienone is 1. The lowest BCUT2D eigenvalue weighted by Gasteiger charge is -2.05. The predicted octanol–water partition coefficient (Wildman–Crippen LogP) is 4.50. The number of aromatic amines is 1. The quantitative estimate of drug-likeness (QED) is 0.567. The first-order chi connectivity index (χ1) is 12.2. The molecule has 1 aliphatic heterocycles. The highest BCUT2D eigenvalue weighted by atomic mass is 32.1. The lowest BCUT2D eigenvalue weighted by Crippen LogP contribution is -2.02.